The van der Waals surface area contributed by atoms with E-state index in [1.54, 1.807) is 12.1 Å². The third-order valence-corrected chi connectivity index (χ3v) is 3.41. The lowest BCUT2D eigenvalue weighted by Crippen LogP contribution is -2.27. The summed E-state index contributed by atoms with van der Waals surface area (Å²) in [4.78, 5) is 19.8. The van der Waals surface area contributed by atoms with Crippen LogP contribution in [0.2, 0.25) is 0 Å². The summed E-state index contributed by atoms with van der Waals surface area (Å²) in [7, 11) is 0. The summed E-state index contributed by atoms with van der Waals surface area (Å²) < 4.78 is 0. The van der Waals surface area contributed by atoms with Crippen molar-refractivity contribution in [2.45, 2.75) is 26.3 Å². The topological polar surface area (TPSA) is 81.0 Å². The Labute approximate surface area is 139 Å². The van der Waals surface area contributed by atoms with E-state index in [1.807, 2.05) is 24.3 Å². The second kappa shape index (κ2) is 5.88. The number of hydrogen-bond acceptors (Lipinski definition) is 5. The van der Waals surface area contributed by atoms with Crippen molar-refractivity contribution in [3.63, 3.8) is 0 Å². The first kappa shape index (κ1) is 15.9. The molecule has 122 valence electrons. The van der Waals surface area contributed by atoms with Crippen LogP contribution < -0.4 is 5.32 Å². The van der Waals surface area contributed by atoms with Crippen LogP contribution >= 0.6 is 0 Å². The Morgan fingerprint density at radius 1 is 1.04 bits per heavy atom. The predicted molar refractivity (Wildman–Crippen MR) is 95.0 cm³/mol. The van der Waals surface area contributed by atoms with Gasteiger partial charge in [-0.2, -0.15) is 0 Å². The molecule has 0 saturated heterocycles. The number of hydrogen-bond donors (Lipinski definition) is 1. The highest BCUT2D eigenvalue weighted by Gasteiger charge is 2.16. The van der Waals surface area contributed by atoms with Crippen LogP contribution in [0.3, 0.4) is 0 Å². The zero-order valence-electron chi connectivity index (χ0n) is 13.8. The van der Waals surface area contributed by atoms with Gasteiger partial charge in [0, 0.05) is 28.6 Å². The monoisotopic (exact) mass is 322 g/mol. The van der Waals surface area contributed by atoms with Crippen LogP contribution in [0.4, 0.5) is 11.5 Å². The van der Waals surface area contributed by atoms with Gasteiger partial charge in [0.1, 0.15) is 5.82 Å². The summed E-state index contributed by atoms with van der Waals surface area (Å²) >= 11 is 0. The molecule has 1 aromatic heterocycles. The number of para-hydroxylation sites is 1. The molecule has 24 heavy (non-hydrogen) atoms. The minimum atomic E-state index is -0.418. The van der Waals surface area contributed by atoms with Gasteiger partial charge in [0.15, 0.2) is 5.82 Å². The number of nitro groups is 1. The van der Waals surface area contributed by atoms with Gasteiger partial charge >= 0.3 is 0 Å². The van der Waals surface area contributed by atoms with Crippen LogP contribution in [0, 0.1) is 10.1 Å². The number of anilines is 1. The zero-order chi connectivity index (χ0) is 17.3. The Morgan fingerprint density at radius 3 is 2.50 bits per heavy atom. The maximum atomic E-state index is 11.0. The van der Waals surface area contributed by atoms with Gasteiger partial charge in [0.05, 0.1) is 10.4 Å². The number of nitro benzene ring substituents is 1. The van der Waals surface area contributed by atoms with Crippen molar-refractivity contribution in [3.8, 4) is 11.4 Å². The predicted octanol–water partition coefficient (Wildman–Crippen LogP) is 4.42. The van der Waals surface area contributed by atoms with Gasteiger partial charge in [-0.3, -0.25) is 10.1 Å². The largest absolute Gasteiger partial charge is 0.365 e. The van der Waals surface area contributed by atoms with Crippen molar-refractivity contribution in [1.82, 2.24) is 9.97 Å². The van der Waals surface area contributed by atoms with Crippen LogP contribution in [0.25, 0.3) is 22.3 Å². The lowest BCUT2D eigenvalue weighted by Gasteiger charge is -2.22. The molecule has 0 amide bonds. The number of benzene rings is 2. The van der Waals surface area contributed by atoms with Crippen LogP contribution in [-0.4, -0.2) is 20.4 Å². The Kier molecular flexibility index (Phi) is 3.89. The average molecular weight is 322 g/mol. The first-order valence-corrected chi connectivity index (χ1v) is 7.63. The Morgan fingerprint density at radius 2 is 1.79 bits per heavy atom. The van der Waals surface area contributed by atoms with E-state index in [1.165, 1.54) is 12.1 Å². The van der Waals surface area contributed by atoms with Crippen molar-refractivity contribution in [2.24, 2.45) is 0 Å². The molecule has 0 aliphatic heterocycles. The standard InChI is InChI=1S/C18H18N4O2/c1-18(2,3)21-17-14-9-4-5-10-15(14)19-16(20-17)12-7-6-8-13(11-12)22(23)24/h4-11H,1-3H3,(H,19,20,21). The number of non-ortho nitro benzene ring substituents is 1. The molecule has 0 atom stereocenters. The Bertz CT molecular complexity index is 916. The van der Waals surface area contributed by atoms with Gasteiger partial charge in [-0.15, -0.1) is 0 Å². The highest BCUT2D eigenvalue weighted by Crippen LogP contribution is 2.28. The summed E-state index contributed by atoms with van der Waals surface area (Å²) in [6, 6.07) is 14.1. The van der Waals surface area contributed by atoms with Gasteiger partial charge in [0.25, 0.3) is 5.69 Å². The van der Waals surface area contributed by atoms with E-state index in [0.29, 0.717) is 11.4 Å². The first-order valence-electron chi connectivity index (χ1n) is 7.63. The lowest BCUT2D eigenvalue weighted by atomic mass is 10.1. The molecule has 0 unspecified atom stereocenters. The summed E-state index contributed by atoms with van der Waals surface area (Å²) in [5.41, 5.74) is 1.26. The quantitative estimate of drug-likeness (QED) is 0.570. The van der Waals surface area contributed by atoms with E-state index in [9.17, 15) is 10.1 Å². The zero-order valence-corrected chi connectivity index (χ0v) is 13.8. The third-order valence-electron chi connectivity index (χ3n) is 3.41. The Hall–Kier alpha value is -3.02. The maximum Gasteiger partial charge on any atom is 0.270 e. The molecule has 0 aliphatic carbocycles. The molecule has 3 aromatic rings. The second-order valence-electron chi connectivity index (χ2n) is 6.60. The molecule has 3 rings (SSSR count). The normalized spacial score (nSPS) is 11.5. The smallest absolute Gasteiger partial charge is 0.270 e. The molecule has 6 nitrogen and oxygen atoms in total. The average Bonchev–Trinajstić information content (AvgIpc) is 2.53. The van der Waals surface area contributed by atoms with Gasteiger partial charge in [-0.1, -0.05) is 24.3 Å². The summed E-state index contributed by atoms with van der Waals surface area (Å²) in [6.45, 7) is 6.16. The third kappa shape index (κ3) is 3.32. The number of nitrogens with one attached hydrogen (secondary N) is 1. The van der Waals surface area contributed by atoms with Crippen LogP contribution in [-0.2, 0) is 0 Å². The van der Waals surface area contributed by atoms with Crippen molar-refractivity contribution in [3.05, 3.63) is 58.6 Å². The lowest BCUT2D eigenvalue weighted by molar-refractivity contribution is -0.384. The molecule has 1 heterocycles. The molecule has 0 saturated carbocycles. The summed E-state index contributed by atoms with van der Waals surface area (Å²) in [5.74, 6) is 1.18. The van der Waals surface area contributed by atoms with Crippen molar-refractivity contribution < 1.29 is 4.92 Å². The van der Waals surface area contributed by atoms with Crippen molar-refractivity contribution >= 4 is 22.4 Å². The van der Waals surface area contributed by atoms with Gasteiger partial charge in [-0.05, 0) is 32.9 Å². The van der Waals surface area contributed by atoms with E-state index in [0.717, 1.165) is 16.7 Å². The first-order chi connectivity index (χ1) is 11.3. The number of nitrogens with zero attached hydrogens (tertiary/aromatic N) is 3. The molecule has 0 radical (unpaired) electrons. The minimum absolute atomic E-state index is 0.0228. The minimum Gasteiger partial charge on any atom is -0.365 e. The SMILES string of the molecule is CC(C)(C)Nc1nc(-c2cccc([N+](=O)[O-])c2)nc2ccccc12. The van der Waals surface area contributed by atoms with Crippen molar-refractivity contribution in [1.29, 1.82) is 0 Å². The maximum absolute atomic E-state index is 11.0. The molecule has 0 spiro atoms. The molecule has 0 fully saturated rings. The van der Waals surface area contributed by atoms with E-state index < -0.39 is 4.92 Å². The van der Waals surface area contributed by atoms with Crippen LogP contribution in [0.1, 0.15) is 20.8 Å². The molecule has 6 heteroatoms. The second-order valence-corrected chi connectivity index (χ2v) is 6.60. The van der Waals surface area contributed by atoms with Gasteiger partial charge < -0.3 is 5.32 Å². The van der Waals surface area contributed by atoms with Crippen LogP contribution in [0.15, 0.2) is 48.5 Å². The fraction of sp³-hybridized carbons (Fsp3) is 0.222. The van der Waals surface area contributed by atoms with E-state index in [4.69, 9.17) is 0 Å². The summed E-state index contributed by atoms with van der Waals surface area (Å²) in [5, 5.41) is 15.3. The molecular weight excluding hydrogens is 304 g/mol. The number of fused-ring (bicyclic) bond motifs is 1. The summed E-state index contributed by atoms with van der Waals surface area (Å²) in [6.07, 6.45) is 0. The highest BCUT2D eigenvalue weighted by atomic mass is 16.6. The fourth-order valence-corrected chi connectivity index (χ4v) is 2.41. The van der Waals surface area contributed by atoms with Crippen molar-refractivity contribution in [2.75, 3.05) is 5.32 Å². The highest BCUT2D eigenvalue weighted by molar-refractivity contribution is 5.90. The van der Waals surface area contributed by atoms with Gasteiger partial charge in [-0.25, -0.2) is 9.97 Å². The molecular formula is C18H18N4O2. The number of aromatic nitrogens is 2. The van der Waals surface area contributed by atoms with Crippen LogP contribution in [0.5, 0.6) is 0 Å². The Balaban J connectivity index is 2.18. The van der Waals surface area contributed by atoms with E-state index >= 15 is 0 Å². The molecule has 0 bridgehead atoms. The van der Waals surface area contributed by atoms with E-state index in [-0.39, 0.29) is 11.2 Å². The molecule has 1 N–H and O–H groups in total. The van der Waals surface area contributed by atoms with Gasteiger partial charge in [0.2, 0.25) is 0 Å². The number of rotatable bonds is 3. The van der Waals surface area contributed by atoms with E-state index in [2.05, 4.69) is 36.1 Å². The fourth-order valence-electron chi connectivity index (χ4n) is 2.41. The molecule has 2 aromatic carbocycles. The molecule has 0 aliphatic rings.